The molecule has 1 aromatic heterocycles. The number of furan rings is 1. The fourth-order valence-electron chi connectivity index (χ4n) is 2.63. The van der Waals surface area contributed by atoms with Crippen molar-refractivity contribution < 1.29 is 14.3 Å². The molecular formula is C15H16BrNO3. The fraction of sp³-hybridized carbons (Fsp3) is 0.400. The Balaban J connectivity index is 1.93. The van der Waals surface area contributed by atoms with Gasteiger partial charge in [-0.25, -0.2) is 0 Å². The van der Waals surface area contributed by atoms with Crippen LogP contribution in [0.1, 0.15) is 35.4 Å². The van der Waals surface area contributed by atoms with Crippen LogP contribution in [0.3, 0.4) is 0 Å². The van der Waals surface area contributed by atoms with Gasteiger partial charge >= 0.3 is 0 Å². The zero-order valence-electron chi connectivity index (χ0n) is 11.2. The minimum Gasteiger partial charge on any atom is -0.451 e. The van der Waals surface area contributed by atoms with Crippen molar-refractivity contribution in [1.82, 2.24) is 5.32 Å². The number of nitrogens with one attached hydrogen (secondary N) is 1. The highest BCUT2D eigenvalue weighted by atomic mass is 79.9. The summed E-state index contributed by atoms with van der Waals surface area (Å²) in [4.78, 5) is 12.4. The Morgan fingerprint density at radius 2 is 2.25 bits per heavy atom. The summed E-state index contributed by atoms with van der Waals surface area (Å²) in [5, 5.41) is 13.3. The van der Waals surface area contributed by atoms with Gasteiger partial charge in [-0.15, -0.1) is 0 Å². The van der Waals surface area contributed by atoms with Crippen LogP contribution in [0.4, 0.5) is 0 Å². The van der Waals surface area contributed by atoms with Gasteiger partial charge in [0.1, 0.15) is 5.58 Å². The molecule has 1 aromatic carbocycles. The van der Waals surface area contributed by atoms with Gasteiger partial charge in [0.2, 0.25) is 0 Å². The quantitative estimate of drug-likeness (QED) is 0.904. The molecule has 0 atom stereocenters. The summed E-state index contributed by atoms with van der Waals surface area (Å²) < 4.78 is 6.61. The summed E-state index contributed by atoms with van der Waals surface area (Å²) in [6.07, 6.45) is 2.67. The maximum atomic E-state index is 12.4. The van der Waals surface area contributed by atoms with Crippen LogP contribution in [-0.2, 0) is 0 Å². The average Bonchev–Trinajstić information content (AvgIpc) is 2.71. The molecule has 0 unspecified atom stereocenters. The maximum absolute atomic E-state index is 12.4. The molecule has 0 aliphatic heterocycles. The number of fused-ring (bicyclic) bond motifs is 1. The summed E-state index contributed by atoms with van der Waals surface area (Å²) in [6.45, 7) is 1.85. The number of rotatable bonds is 3. The maximum Gasteiger partial charge on any atom is 0.287 e. The molecule has 0 saturated heterocycles. The molecule has 0 spiro atoms. The molecule has 5 heteroatoms. The van der Waals surface area contributed by atoms with E-state index in [1.807, 2.05) is 25.1 Å². The summed E-state index contributed by atoms with van der Waals surface area (Å²) in [7, 11) is 0. The number of benzene rings is 1. The molecule has 106 valence electrons. The summed E-state index contributed by atoms with van der Waals surface area (Å²) >= 11 is 3.42. The fourth-order valence-corrected chi connectivity index (χ4v) is 2.99. The number of carbonyl (C=O) groups excluding carboxylic acids is 1. The van der Waals surface area contributed by atoms with E-state index in [1.54, 1.807) is 0 Å². The van der Waals surface area contributed by atoms with Crippen molar-refractivity contribution in [3.05, 3.63) is 34.0 Å². The monoisotopic (exact) mass is 337 g/mol. The number of aliphatic hydroxyl groups excluding tert-OH is 1. The highest BCUT2D eigenvalue weighted by Crippen LogP contribution is 2.33. The third-order valence-electron chi connectivity index (χ3n) is 4.10. The lowest BCUT2D eigenvalue weighted by Gasteiger charge is -2.40. The van der Waals surface area contributed by atoms with E-state index in [0.29, 0.717) is 11.3 Å². The second-order valence-electron chi connectivity index (χ2n) is 5.44. The lowest BCUT2D eigenvalue weighted by molar-refractivity contribution is 0.0620. The molecule has 2 aromatic rings. The molecular weight excluding hydrogens is 322 g/mol. The molecule has 1 heterocycles. The van der Waals surface area contributed by atoms with E-state index in [9.17, 15) is 9.90 Å². The zero-order chi connectivity index (χ0) is 14.3. The highest BCUT2D eigenvalue weighted by Gasteiger charge is 2.38. The molecule has 4 nitrogen and oxygen atoms in total. The number of aryl methyl sites for hydroxylation is 1. The van der Waals surface area contributed by atoms with Crippen LogP contribution in [0.15, 0.2) is 27.1 Å². The topological polar surface area (TPSA) is 62.5 Å². The van der Waals surface area contributed by atoms with E-state index in [4.69, 9.17) is 4.42 Å². The molecule has 1 saturated carbocycles. The Morgan fingerprint density at radius 1 is 1.50 bits per heavy atom. The van der Waals surface area contributed by atoms with Crippen LogP contribution >= 0.6 is 15.9 Å². The molecule has 0 bridgehead atoms. The van der Waals surface area contributed by atoms with E-state index in [-0.39, 0.29) is 12.5 Å². The lowest BCUT2D eigenvalue weighted by Crippen LogP contribution is -2.56. The third-order valence-corrected chi connectivity index (χ3v) is 4.59. The average molecular weight is 338 g/mol. The van der Waals surface area contributed by atoms with Crippen LogP contribution in [0.2, 0.25) is 0 Å². The number of hydrogen-bond acceptors (Lipinski definition) is 3. The SMILES string of the molecule is Cc1c(C(=O)NC2(CO)CCC2)oc2ccc(Br)cc12. The second kappa shape index (κ2) is 4.90. The van der Waals surface area contributed by atoms with Gasteiger partial charge in [-0.1, -0.05) is 15.9 Å². The first-order chi connectivity index (χ1) is 9.54. The molecule has 1 fully saturated rings. The Kier molecular flexibility index (Phi) is 3.34. The number of carbonyl (C=O) groups is 1. The van der Waals surface area contributed by atoms with Crippen molar-refractivity contribution in [3.63, 3.8) is 0 Å². The third kappa shape index (κ3) is 2.15. The first-order valence-corrected chi connectivity index (χ1v) is 7.46. The number of halogens is 1. The van der Waals surface area contributed by atoms with Crippen molar-refractivity contribution >= 4 is 32.8 Å². The largest absolute Gasteiger partial charge is 0.451 e. The molecule has 3 rings (SSSR count). The highest BCUT2D eigenvalue weighted by molar-refractivity contribution is 9.10. The van der Waals surface area contributed by atoms with Crippen molar-refractivity contribution in [2.24, 2.45) is 0 Å². The predicted molar refractivity (Wildman–Crippen MR) is 79.8 cm³/mol. The van der Waals surface area contributed by atoms with Gasteiger partial charge in [-0.2, -0.15) is 0 Å². The second-order valence-corrected chi connectivity index (χ2v) is 6.36. The van der Waals surface area contributed by atoms with E-state index in [2.05, 4.69) is 21.2 Å². The molecule has 1 aliphatic rings. The van der Waals surface area contributed by atoms with Crippen LogP contribution in [0, 0.1) is 6.92 Å². The van der Waals surface area contributed by atoms with Gasteiger partial charge < -0.3 is 14.8 Å². The predicted octanol–water partition coefficient (Wildman–Crippen LogP) is 3.15. The Labute approximate surface area is 125 Å². The van der Waals surface area contributed by atoms with E-state index >= 15 is 0 Å². The Bertz CT molecular complexity index is 668. The standard InChI is InChI=1S/C15H16BrNO3/c1-9-11-7-10(16)3-4-12(11)20-13(9)14(19)17-15(8-18)5-2-6-15/h3-4,7,18H,2,5-6,8H2,1H3,(H,17,19). The molecule has 1 amide bonds. The van der Waals surface area contributed by atoms with Crippen LogP contribution in [-0.4, -0.2) is 23.2 Å². The first-order valence-electron chi connectivity index (χ1n) is 6.67. The van der Waals surface area contributed by atoms with Gasteiger partial charge in [0.25, 0.3) is 5.91 Å². The van der Waals surface area contributed by atoms with Crippen molar-refractivity contribution in [3.8, 4) is 0 Å². The van der Waals surface area contributed by atoms with Crippen molar-refractivity contribution in [2.75, 3.05) is 6.61 Å². The molecule has 0 radical (unpaired) electrons. The smallest absolute Gasteiger partial charge is 0.287 e. The minimum atomic E-state index is -0.455. The van der Waals surface area contributed by atoms with Crippen molar-refractivity contribution in [2.45, 2.75) is 31.7 Å². The van der Waals surface area contributed by atoms with Gasteiger partial charge in [-0.05, 0) is 44.4 Å². The lowest BCUT2D eigenvalue weighted by atomic mass is 9.77. The van der Waals surface area contributed by atoms with Crippen LogP contribution in [0.5, 0.6) is 0 Å². The molecule has 2 N–H and O–H groups in total. The first kappa shape index (κ1) is 13.6. The Morgan fingerprint density at radius 3 is 2.85 bits per heavy atom. The summed E-state index contributed by atoms with van der Waals surface area (Å²) in [5.41, 5.74) is 1.07. The van der Waals surface area contributed by atoms with Crippen LogP contribution < -0.4 is 5.32 Å². The van der Waals surface area contributed by atoms with E-state index < -0.39 is 5.54 Å². The molecule has 20 heavy (non-hydrogen) atoms. The Hall–Kier alpha value is -1.33. The number of amides is 1. The van der Waals surface area contributed by atoms with Gasteiger partial charge in [0.15, 0.2) is 5.76 Å². The summed E-state index contributed by atoms with van der Waals surface area (Å²) in [6, 6.07) is 5.67. The van der Waals surface area contributed by atoms with Gasteiger partial charge in [0.05, 0.1) is 12.1 Å². The van der Waals surface area contributed by atoms with Gasteiger partial charge in [-0.3, -0.25) is 4.79 Å². The number of aliphatic hydroxyl groups is 1. The van der Waals surface area contributed by atoms with Crippen molar-refractivity contribution in [1.29, 1.82) is 0 Å². The molecule has 1 aliphatic carbocycles. The minimum absolute atomic E-state index is 0.0242. The zero-order valence-corrected chi connectivity index (χ0v) is 12.8. The van der Waals surface area contributed by atoms with Gasteiger partial charge in [0, 0.05) is 15.4 Å². The van der Waals surface area contributed by atoms with Crippen LogP contribution in [0.25, 0.3) is 11.0 Å². The number of hydrogen-bond donors (Lipinski definition) is 2. The summed E-state index contributed by atoms with van der Waals surface area (Å²) in [5.74, 6) is 0.0846. The normalized spacial score (nSPS) is 16.9. The van der Waals surface area contributed by atoms with E-state index in [1.165, 1.54) is 0 Å². The van der Waals surface area contributed by atoms with E-state index in [0.717, 1.165) is 34.7 Å².